The Bertz CT molecular complexity index is 261. The minimum Gasteiger partial charge on any atom is -0.295 e. The molecule has 0 bridgehead atoms. The standard InChI is InChI=1S/C14H22O/c1-3-4-5-6-7-12(2)10-13-8-9-14(15)11-13/h4-5,11-12H,3,6-10H2,1-2H3. The van der Waals surface area contributed by atoms with Gasteiger partial charge in [0.25, 0.3) is 0 Å². The molecule has 0 aliphatic heterocycles. The van der Waals surface area contributed by atoms with Crippen LogP contribution >= 0.6 is 0 Å². The van der Waals surface area contributed by atoms with Gasteiger partial charge in [0.2, 0.25) is 0 Å². The van der Waals surface area contributed by atoms with E-state index in [-0.39, 0.29) is 0 Å². The summed E-state index contributed by atoms with van der Waals surface area (Å²) in [6.07, 6.45) is 12.8. The van der Waals surface area contributed by atoms with Crippen LogP contribution in [0.4, 0.5) is 0 Å². The van der Waals surface area contributed by atoms with Crippen molar-refractivity contribution >= 4 is 5.78 Å². The molecule has 1 atom stereocenters. The highest BCUT2D eigenvalue weighted by atomic mass is 16.1. The van der Waals surface area contributed by atoms with Crippen molar-refractivity contribution in [3.05, 3.63) is 23.8 Å². The summed E-state index contributed by atoms with van der Waals surface area (Å²) in [5.74, 6) is 1.03. The summed E-state index contributed by atoms with van der Waals surface area (Å²) in [6.45, 7) is 4.44. The summed E-state index contributed by atoms with van der Waals surface area (Å²) in [5, 5.41) is 0. The van der Waals surface area contributed by atoms with Crippen molar-refractivity contribution in [2.75, 3.05) is 0 Å². The van der Waals surface area contributed by atoms with Crippen molar-refractivity contribution in [2.45, 2.75) is 52.4 Å². The van der Waals surface area contributed by atoms with Gasteiger partial charge in [-0.15, -0.1) is 0 Å². The van der Waals surface area contributed by atoms with E-state index >= 15 is 0 Å². The molecule has 15 heavy (non-hydrogen) atoms. The summed E-state index contributed by atoms with van der Waals surface area (Å²) < 4.78 is 0. The van der Waals surface area contributed by atoms with Gasteiger partial charge >= 0.3 is 0 Å². The molecule has 0 N–H and O–H groups in total. The van der Waals surface area contributed by atoms with Crippen molar-refractivity contribution in [1.82, 2.24) is 0 Å². The lowest BCUT2D eigenvalue weighted by Crippen LogP contribution is -1.95. The topological polar surface area (TPSA) is 17.1 Å². The molecule has 0 fully saturated rings. The summed E-state index contributed by atoms with van der Waals surface area (Å²) >= 11 is 0. The fraction of sp³-hybridized carbons (Fsp3) is 0.643. The van der Waals surface area contributed by atoms with Crippen LogP contribution in [0.3, 0.4) is 0 Å². The number of ketones is 1. The van der Waals surface area contributed by atoms with Gasteiger partial charge in [0.15, 0.2) is 5.78 Å². The molecule has 0 aromatic heterocycles. The fourth-order valence-corrected chi connectivity index (χ4v) is 2.03. The summed E-state index contributed by atoms with van der Waals surface area (Å²) in [4.78, 5) is 11.0. The Balaban J connectivity index is 2.18. The molecule has 0 aromatic carbocycles. The molecular formula is C14H22O. The summed E-state index contributed by atoms with van der Waals surface area (Å²) in [6, 6.07) is 0. The first kappa shape index (κ1) is 12.2. The third-order valence-electron chi connectivity index (χ3n) is 2.90. The van der Waals surface area contributed by atoms with Crippen LogP contribution in [-0.2, 0) is 4.79 Å². The molecule has 84 valence electrons. The first-order valence-electron chi connectivity index (χ1n) is 6.09. The quantitative estimate of drug-likeness (QED) is 0.599. The molecular weight excluding hydrogens is 184 g/mol. The highest BCUT2D eigenvalue weighted by molar-refractivity contribution is 5.92. The van der Waals surface area contributed by atoms with Gasteiger partial charge in [-0.3, -0.25) is 4.79 Å². The molecule has 0 radical (unpaired) electrons. The van der Waals surface area contributed by atoms with Crippen LogP contribution in [0, 0.1) is 5.92 Å². The van der Waals surface area contributed by atoms with Crippen molar-refractivity contribution in [3.63, 3.8) is 0 Å². The van der Waals surface area contributed by atoms with Crippen LogP contribution in [0.5, 0.6) is 0 Å². The Morgan fingerprint density at radius 2 is 2.20 bits per heavy atom. The number of carbonyl (C=O) groups excluding carboxylic acids is 1. The highest BCUT2D eigenvalue weighted by Gasteiger charge is 2.13. The number of carbonyl (C=O) groups is 1. The number of allylic oxidation sites excluding steroid dienone is 4. The molecule has 1 aliphatic carbocycles. The second kappa shape index (κ2) is 6.60. The van der Waals surface area contributed by atoms with E-state index in [0.717, 1.165) is 25.7 Å². The average molecular weight is 206 g/mol. The Kier molecular flexibility index (Phi) is 5.38. The third kappa shape index (κ3) is 4.96. The molecule has 0 amide bonds. The second-order valence-electron chi connectivity index (χ2n) is 4.54. The van der Waals surface area contributed by atoms with Gasteiger partial charge in [-0.2, -0.15) is 0 Å². The monoisotopic (exact) mass is 206 g/mol. The first-order valence-corrected chi connectivity index (χ1v) is 6.09. The molecule has 0 heterocycles. The average Bonchev–Trinajstić information content (AvgIpc) is 2.59. The number of rotatable bonds is 6. The van der Waals surface area contributed by atoms with Crippen molar-refractivity contribution in [2.24, 2.45) is 5.92 Å². The lowest BCUT2D eigenvalue weighted by molar-refractivity contribution is -0.114. The predicted molar refractivity (Wildman–Crippen MR) is 64.8 cm³/mol. The normalized spacial score (nSPS) is 18.5. The maximum atomic E-state index is 11.0. The van der Waals surface area contributed by atoms with Crippen LogP contribution in [0.2, 0.25) is 0 Å². The Hall–Kier alpha value is -0.850. The van der Waals surface area contributed by atoms with E-state index in [9.17, 15) is 4.79 Å². The van der Waals surface area contributed by atoms with Crippen LogP contribution in [0.1, 0.15) is 52.4 Å². The maximum Gasteiger partial charge on any atom is 0.155 e. The van der Waals surface area contributed by atoms with Crippen LogP contribution in [0.15, 0.2) is 23.8 Å². The van der Waals surface area contributed by atoms with E-state index in [1.807, 2.05) is 6.08 Å². The molecule has 1 aliphatic rings. The molecule has 0 aromatic rings. The Morgan fingerprint density at radius 3 is 2.80 bits per heavy atom. The van der Waals surface area contributed by atoms with Gasteiger partial charge in [0.05, 0.1) is 0 Å². The largest absolute Gasteiger partial charge is 0.295 e. The van der Waals surface area contributed by atoms with Crippen molar-refractivity contribution < 1.29 is 4.79 Å². The third-order valence-corrected chi connectivity index (χ3v) is 2.90. The molecule has 0 spiro atoms. The van der Waals surface area contributed by atoms with Gasteiger partial charge in [0.1, 0.15) is 0 Å². The van der Waals surface area contributed by atoms with Crippen molar-refractivity contribution in [1.29, 1.82) is 0 Å². The number of hydrogen-bond donors (Lipinski definition) is 0. The fourth-order valence-electron chi connectivity index (χ4n) is 2.03. The zero-order chi connectivity index (χ0) is 11.1. The van der Waals surface area contributed by atoms with Gasteiger partial charge in [-0.25, -0.2) is 0 Å². The smallest absolute Gasteiger partial charge is 0.155 e. The molecule has 0 saturated carbocycles. The van der Waals surface area contributed by atoms with E-state index in [1.165, 1.54) is 18.4 Å². The van der Waals surface area contributed by atoms with E-state index < -0.39 is 0 Å². The zero-order valence-corrected chi connectivity index (χ0v) is 9.96. The van der Waals surface area contributed by atoms with E-state index in [1.54, 1.807) is 0 Å². The predicted octanol–water partition coefficient (Wildman–Crippen LogP) is 4.05. The molecule has 1 unspecified atom stereocenters. The van der Waals surface area contributed by atoms with E-state index in [4.69, 9.17) is 0 Å². The minimum atomic E-state index is 0.322. The van der Waals surface area contributed by atoms with Gasteiger partial charge in [0, 0.05) is 6.42 Å². The zero-order valence-electron chi connectivity index (χ0n) is 9.96. The van der Waals surface area contributed by atoms with Crippen LogP contribution in [-0.4, -0.2) is 5.78 Å². The van der Waals surface area contributed by atoms with Gasteiger partial charge in [-0.1, -0.05) is 31.6 Å². The minimum absolute atomic E-state index is 0.322. The first-order chi connectivity index (χ1) is 7.22. The lowest BCUT2D eigenvalue weighted by atomic mass is 9.96. The maximum absolute atomic E-state index is 11.0. The van der Waals surface area contributed by atoms with E-state index in [0.29, 0.717) is 11.7 Å². The van der Waals surface area contributed by atoms with Crippen LogP contribution < -0.4 is 0 Å². The molecule has 1 heteroatoms. The summed E-state index contributed by atoms with van der Waals surface area (Å²) in [7, 11) is 0. The number of hydrogen-bond acceptors (Lipinski definition) is 1. The van der Waals surface area contributed by atoms with Crippen molar-refractivity contribution in [3.8, 4) is 0 Å². The van der Waals surface area contributed by atoms with E-state index in [2.05, 4.69) is 26.0 Å². The second-order valence-corrected chi connectivity index (χ2v) is 4.54. The molecule has 0 saturated heterocycles. The van der Waals surface area contributed by atoms with Gasteiger partial charge in [-0.05, 0) is 44.1 Å². The lowest BCUT2D eigenvalue weighted by Gasteiger charge is -2.09. The van der Waals surface area contributed by atoms with Gasteiger partial charge < -0.3 is 0 Å². The van der Waals surface area contributed by atoms with Crippen LogP contribution in [0.25, 0.3) is 0 Å². The highest BCUT2D eigenvalue weighted by Crippen LogP contribution is 2.24. The molecule has 1 rings (SSSR count). The Morgan fingerprint density at radius 1 is 1.40 bits per heavy atom. The molecule has 1 nitrogen and oxygen atoms in total. The summed E-state index contributed by atoms with van der Waals surface area (Å²) in [5.41, 5.74) is 1.37. The SMILES string of the molecule is CCC=CCCC(C)CC1=CC(=O)CC1. The Labute approximate surface area is 93.3 Å².